The van der Waals surface area contributed by atoms with Gasteiger partial charge < -0.3 is 0 Å². The van der Waals surface area contributed by atoms with Gasteiger partial charge in [-0.2, -0.15) is 4.31 Å². The molecule has 2 heterocycles. The molecule has 0 unspecified atom stereocenters. The molecule has 1 N–H and O–H groups in total. The molecule has 6 nitrogen and oxygen atoms in total. The lowest BCUT2D eigenvalue weighted by Gasteiger charge is -2.26. The molecule has 1 amide bonds. The summed E-state index contributed by atoms with van der Waals surface area (Å²) in [6.45, 7) is 4.12. The zero-order valence-electron chi connectivity index (χ0n) is 15.7. The Bertz CT molecular complexity index is 1150. The Hall–Kier alpha value is -2.29. The maximum absolute atomic E-state index is 12.6. The van der Waals surface area contributed by atoms with Crippen LogP contribution in [0.15, 0.2) is 42.5 Å². The van der Waals surface area contributed by atoms with Crippen molar-refractivity contribution < 1.29 is 13.2 Å². The molecule has 0 saturated carbocycles. The fraction of sp³-hybridized carbons (Fsp3) is 0.300. The highest BCUT2D eigenvalue weighted by atomic mass is 32.2. The van der Waals surface area contributed by atoms with Gasteiger partial charge in [-0.05, 0) is 36.8 Å². The predicted octanol–water partition coefficient (Wildman–Crippen LogP) is 3.64. The van der Waals surface area contributed by atoms with Crippen LogP contribution in [0.1, 0.15) is 34.8 Å². The van der Waals surface area contributed by atoms with Gasteiger partial charge in [-0.3, -0.25) is 10.1 Å². The van der Waals surface area contributed by atoms with Gasteiger partial charge in [-0.15, -0.1) is 11.3 Å². The van der Waals surface area contributed by atoms with E-state index in [4.69, 9.17) is 0 Å². The number of anilines is 1. The summed E-state index contributed by atoms with van der Waals surface area (Å²) in [6.07, 6.45) is 0.559. The van der Waals surface area contributed by atoms with Crippen molar-refractivity contribution in [2.45, 2.75) is 32.1 Å². The van der Waals surface area contributed by atoms with E-state index in [2.05, 4.69) is 10.3 Å². The standard InChI is InChI=1S/C20H21N3O3S2/c1-13(2)28(25,26)23-10-9-17-18(12-23)27-20(21-17)22-19(24)16-8-7-14-5-3-4-6-15(14)11-16/h3-8,11,13H,9-10,12H2,1-2H3,(H,21,22,24). The maximum atomic E-state index is 12.6. The summed E-state index contributed by atoms with van der Waals surface area (Å²) in [5.41, 5.74) is 1.44. The highest BCUT2D eigenvalue weighted by Crippen LogP contribution is 2.30. The van der Waals surface area contributed by atoms with Gasteiger partial charge >= 0.3 is 0 Å². The number of aromatic nitrogens is 1. The van der Waals surface area contributed by atoms with Gasteiger partial charge in [0.05, 0.1) is 10.9 Å². The Morgan fingerprint density at radius 1 is 1.18 bits per heavy atom. The summed E-state index contributed by atoms with van der Waals surface area (Å²) < 4.78 is 26.3. The highest BCUT2D eigenvalue weighted by molar-refractivity contribution is 7.89. The van der Waals surface area contributed by atoms with Gasteiger partial charge in [-0.1, -0.05) is 30.3 Å². The number of amides is 1. The molecule has 0 aliphatic carbocycles. The monoisotopic (exact) mass is 415 g/mol. The van der Waals surface area contributed by atoms with E-state index < -0.39 is 15.3 Å². The van der Waals surface area contributed by atoms with Crippen LogP contribution >= 0.6 is 11.3 Å². The van der Waals surface area contributed by atoms with Crippen LogP contribution in [-0.2, 0) is 23.0 Å². The van der Waals surface area contributed by atoms with Gasteiger partial charge in [0.25, 0.3) is 5.91 Å². The highest BCUT2D eigenvalue weighted by Gasteiger charge is 2.31. The van der Waals surface area contributed by atoms with Crippen molar-refractivity contribution in [3.05, 3.63) is 58.6 Å². The molecule has 0 atom stereocenters. The van der Waals surface area contributed by atoms with E-state index in [1.807, 2.05) is 36.4 Å². The fourth-order valence-electron chi connectivity index (χ4n) is 3.24. The number of benzene rings is 2. The average molecular weight is 416 g/mol. The lowest BCUT2D eigenvalue weighted by atomic mass is 10.1. The maximum Gasteiger partial charge on any atom is 0.257 e. The molecule has 3 aromatic rings. The second kappa shape index (κ2) is 7.27. The van der Waals surface area contributed by atoms with E-state index in [1.54, 1.807) is 19.9 Å². The van der Waals surface area contributed by atoms with E-state index >= 15 is 0 Å². The zero-order valence-corrected chi connectivity index (χ0v) is 17.3. The molecule has 1 aliphatic rings. The number of thiazole rings is 1. The fourth-order valence-corrected chi connectivity index (χ4v) is 5.59. The first-order valence-corrected chi connectivity index (χ1v) is 11.4. The largest absolute Gasteiger partial charge is 0.298 e. The third-order valence-electron chi connectivity index (χ3n) is 4.88. The van der Waals surface area contributed by atoms with Crippen molar-refractivity contribution >= 4 is 43.2 Å². The molecular weight excluding hydrogens is 394 g/mol. The number of nitrogens with one attached hydrogen (secondary N) is 1. The number of nitrogens with zero attached hydrogens (tertiary/aromatic N) is 2. The lowest BCUT2D eigenvalue weighted by Crippen LogP contribution is -2.39. The number of rotatable bonds is 4. The molecule has 0 saturated heterocycles. The first kappa shape index (κ1) is 19.0. The first-order valence-electron chi connectivity index (χ1n) is 9.12. The predicted molar refractivity (Wildman–Crippen MR) is 112 cm³/mol. The number of fused-ring (bicyclic) bond motifs is 2. The number of sulfonamides is 1. The number of carbonyl (C=O) groups is 1. The summed E-state index contributed by atoms with van der Waals surface area (Å²) in [5.74, 6) is -0.219. The SMILES string of the molecule is CC(C)S(=O)(=O)N1CCc2nc(NC(=O)c3ccc4ccccc4c3)sc2C1. The second-order valence-corrected chi connectivity index (χ2v) is 10.7. The molecule has 1 aromatic heterocycles. The van der Waals surface area contributed by atoms with Crippen LogP contribution in [0.5, 0.6) is 0 Å². The summed E-state index contributed by atoms with van der Waals surface area (Å²) in [7, 11) is -3.30. The van der Waals surface area contributed by atoms with E-state index in [0.29, 0.717) is 30.2 Å². The van der Waals surface area contributed by atoms with E-state index in [-0.39, 0.29) is 5.91 Å². The van der Waals surface area contributed by atoms with Crippen molar-refractivity contribution in [2.75, 3.05) is 11.9 Å². The van der Waals surface area contributed by atoms with E-state index in [1.165, 1.54) is 15.6 Å². The summed E-state index contributed by atoms with van der Waals surface area (Å²) >= 11 is 1.34. The third-order valence-corrected chi connectivity index (χ3v) is 8.10. The van der Waals surface area contributed by atoms with Crippen LogP contribution in [0.25, 0.3) is 10.8 Å². The van der Waals surface area contributed by atoms with Crippen molar-refractivity contribution in [3.63, 3.8) is 0 Å². The molecule has 28 heavy (non-hydrogen) atoms. The normalized spacial score (nSPS) is 15.0. The third kappa shape index (κ3) is 3.55. The van der Waals surface area contributed by atoms with Crippen LogP contribution in [-0.4, -0.2) is 35.4 Å². The van der Waals surface area contributed by atoms with Gasteiger partial charge in [0.1, 0.15) is 0 Å². The van der Waals surface area contributed by atoms with Gasteiger partial charge in [0.15, 0.2) is 5.13 Å². The molecule has 4 rings (SSSR count). The van der Waals surface area contributed by atoms with Crippen LogP contribution in [0.2, 0.25) is 0 Å². The second-order valence-electron chi connectivity index (χ2n) is 7.08. The Balaban J connectivity index is 1.52. The number of hydrogen-bond donors (Lipinski definition) is 1. The quantitative estimate of drug-likeness (QED) is 0.705. The van der Waals surface area contributed by atoms with Crippen molar-refractivity contribution in [2.24, 2.45) is 0 Å². The molecule has 0 spiro atoms. The Labute approximate surface area is 168 Å². The molecule has 8 heteroatoms. The minimum Gasteiger partial charge on any atom is -0.298 e. The van der Waals surface area contributed by atoms with Crippen LogP contribution < -0.4 is 5.32 Å². The molecule has 1 aliphatic heterocycles. The summed E-state index contributed by atoms with van der Waals surface area (Å²) in [4.78, 5) is 18.0. The van der Waals surface area contributed by atoms with Crippen molar-refractivity contribution in [1.29, 1.82) is 0 Å². The number of carbonyl (C=O) groups excluding carboxylic acids is 1. The van der Waals surface area contributed by atoms with Gasteiger partial charge in [-0.25, -0.2) is 13.4 Å². The molecule has 2 aromatic carbocycles. The molecule has 0 bridgehead atoms. The Morgan fingerprint density at radius 2 is 1.93 bits per heavy atom. The first-order chi connectivity index (χ1) is 13.3. The van der Waals surface area contributed by atoms with Gasteiger partial charge in [0.2, 0.25) is 10.0 Å². The lowest BCUT2D eigenvalue weighted by molar-refractivity contribution is 0.102. The Morgan fingerprint density at radius 3 is 2.68 bits per heavy atom. The minimum atomic E-state index is -3.30. The molecular formula is C20H21N3O3S2. The van der Waals surface area contributed by atoms with Crippen molar-refractivity contribution in [1.82, 2.24) is 9.29 Å². The molecule has 0 fully saturated rings. The topological polar surface area (TPSA) is 79.4 Å². The van der Waals surface area contributed by atoms with Crippen LogP contribution in [0.3, 0.4) is 0 Å². The number of hydrogen-bond acceptors (Lipinski definition) is 5. The molecule has 0 radical (unpaired) electrons. The Kier molecular flexibility index (Phi) is 4.95. The summed E-state index contributed by atoms with van der Waals surface area (Å²) in [6, 6.07) is 13.4. The smallest absolute Gasteiger partial charge is 0.257 e. The average Bonchev–Trinajstić information content (AvgIpc) is 3.08. The van der Waals surface area contributed by atoms with Gasteiger partial charge in [0, 0.05) is 30.0 Å². The van der Waals surface area contributed by atoms with Crippen LogP contribution in [0, 0.1) is 0 Å². The van der Waals surface area contributed by atoms with E-state index in [0.717, 1.165) is 21.3 Å². The summed E-state index contributed by atoms with van der Waals surface area (Å²) in [5, 5.41) is 5.00. The van der Waals surface area contributed by atoms with Crippen molar-refractivity contribution in [3.8, 4) is 0 Å². The van der Waals surface area contributed by atoms with E-state index in [9.17, 15) is 13.2 Å². The van der Waals surface area contributed by atoms with Crippen LogP contribution in [0.4, 0.5) is 5.13 Å². The minimum absolute atomic E-state index is 0.219. The zero-order chi connectivity index (χ0) is 19.9. The molecule has 146 valence electrons.